The number of esters is 1. The molecule has 6 heteroatoms. The molecule has 0 aromatic carbocycles. The molecule has 2 rings (SSSR count). The third-order valence-corrected chi connectivity index (χ3v) is 3.61. The number of nitrogens with zero attached hydrogens (tertiary/aromatic N) is 2. The summed E-state index contributed by atoms with van der Waals surface area (Å²) in [5, 5.41) is 0. The van der Waals surface area contributed by atoms with Crippen molar-refractivity contribution >= 4 is 12.1 Å². The topological polar surface area (TPSA) is 68.7 Å². The van der Waals surface area contributed by atoms with Crippen molar-refractivity contribution in [1.29, 1.82) is 0 Å². The van der Waals surface area contributed by atoms with Crippen molar-refractivity contribution in [3.05, 3.63) is 30.1 Å². The Morgan fingerprint density at radius 3 is 2.45 bits per heavy atom. The summed E-state index contributed by atoms with van der Waals surface area (Å²) >= 11 is 0. The Hall–Kier alpha value is -2.11. The van der Waals surface area contributed by atoms with Gasteiger partial charge in [-0.05, 0) is 32.9 Å². The van der Waals surface area contributed by atoms with Crippen molar-refractivity contribution in [1.82, 2.24) is 9.88 Å². The van der Waals surface area contributed by atoms with Gasteiger partial charge in [0.15, 0.2) is 0 Å². The van der Waals surface area contributed by atoms with E-state index in [2.05, 4.69) is 4.98 Å². The van der Waals surface area contributed by atoms with E-state index < -0.39 is 17.6 Å². The van der Waals surface area contributed by atoms with E-state index in [9.17, 15) is 9.59 Å². The minimum absolute atomic E-state index is 0.161. The van der Waals surface area contributed by atoms with Crippen LogP contribution in [-0.2, 0) is 14.3 Å². The molecule has 0 spiro atoms. The fourth-order valence-corrected chi connectivity index (χ4v) is 2.59. The molecule has 3 unspecified atom stereocenters. The maximum atomic E-state index is 12.2. The van der Waals surface area contributed by atoms with Gasteiger partial charge in [-0.2, -0.15) is 0 Å². The molecule has 0 aliphatic heterocycles. The van der Waals surface area contributed by atoms with Crippen LogP contribution in [0.3, 0.4) is 0 Å². The van der Waals surface area contributed by atoms with Crippen LogP contribution in [0.5, 0.6) is 0 Å². The summed E-state index contributed by atoms with van der Waals surface area (Å²) < 4.78 is 10.2. The van der Waals surface area contributed by atoms with Crippen molar-refractivity contribution in [2.45, 2.75) is 38.3 Å². The third kappa shape index (κ3) is 3.37. The minimum Gasteiger partial charge on any atom is -0.469 e. The van der Waals surface area contributed by atoms with Gasteiger partial charge in [0.05, 0.1) is 19.1 Å². The molecule has 0 bridgehead atoms. The SMILES string of the molecule is COC(=O)C1C(c2ccccn2)C1N(C)C(=O)OC(C)(C)C. The first-order valence-corrected chi connectivity index (χ1v) is 7.21. The van der Waals surface area contributed by atoms with E-state index in [1.54, 1.807) is 34.0 Å². The van der Waals surface area contributed by atoms with E-state index in [0.717, 1.165) is 5.69 Å². The highest BCUT2D eigenvalue weighted by Gasteiger charge is 2.60. The van der Waals surface area contributed by atoms with Gasteiger partial charge in [0.2, 0.25) is 0 Å². The lowest BCUT2D eigenvalue weighted by atomic mass is 10.2. The fourth-order valence-electron chi connectivity index (χ4n) is 2.59. The summed E-state index contributed by atoms with van der Waals surface area (Å²) in [6.45, 7) is 5.42. The Morgan fingerprint density at radius 1 is 1.27 bits per heavy atom. The van der Waals surface area contributed by atoms with E-state index in [4.69, 9.17) is 9.47 Å². The summed E-state index contributed by atoms with van der Waals surface area (Å²) in [4.78, 5) is 29.9. The molecule has 3 atom stereocenters. The van der Waals surface area contributed by atoms with Gasteiger partial charge in [-0.15, -0.1) is 0 Å². The van der Waals surface area contributed by atoms with Crippen LogP contribution in [-0.4, -0.2) is 47.7 Å². The lowest BCUT2D eigenvalue weighted by Gasteiger charge is -2.25. The molecule has 1 fully saturated rings. The zero-order valence-electron chi connectivity index (χ0n) is 13.6. The number of methoxy groups -OCH3 is 1. The quantitative estimate of drug-likeness (QED) is 0.801. The van der Waals surface area contributed by atoms with Gasteiger partial charge in [0, 0.05) is 24.9 Å². The van der Waals surface area contributed by atoms with E-state index >= 15 is 0 Å². The lowest BCUT2D eigenvalue weighted by Crippen LogP contribution is -2.37. The smallest absolute Gasteiger partial charge is 0.410 e. The van der Waals surface area contributed by atoms with Gasteiger partial charge in [-0.3, -0.25) is 9.78 Å². The van der Waals surface area contributed by atoms with Gasteiger partial charge >= 0.3 is 12.1 Å². The molecule has 1 aliphatic rings. The number of aromatic nitrogens is 1. The van der Waals surface area contributed by atoms with E-state index in [1.807, 2.05) is 18.2 Å². The van der Waals surface area contributed by atoms with Gasteiger partial charge < -0.3 is 14.4 Å². The van der Waals surface area contributed by atoms with E-state index in [1.165, 1.54) is 12.0 Å². The summed E-state index contributed by atoms with van der Waals surface area (Å²) in [6, 6.07) is 5.23. The van der Waals surface area contributed by atoms with E-state index in [-0.39, 0.29) is 17.9 Å². The van der Waals surface area contributed by atoms with Crippen molar-refractivity contribution in [2.24, 2.45) is 5.92 Å². The molecule has 22 heavy (non-hydrogen) atoms. The maximum Gasteiger partial charge on any atom is 0.410 e. The molecule has 1 heterocycles. The van der Waals surface area contributed by atoms with Crippen LogP contribution in [0.15, 0.2) is 24.4 Å². The third-order valence-electron chi connectivity index (χ3n) is 3.61. The Balaban J connectivity index is 2.17. The maximum absolute atomic E-state index is 12.2. The molecule has 1 amide bonds. The second-order valence-electron chi connectivity index (χ2n) is 6.41. The molecule has 1 aromatic heterocycles. The molecule has 0 saturated heterocycles. The average molecular weight is 306 g/mol. The summed E-state index contributed by atoms with van der Waals surface area (Å²) in [7, 11) is 2.98. The Bertz CT molecular complexity index is 553. The molecule has 0 radical (unpaired) electrons. The van der Waals surface area contributed by atoms with Gasteiger partial charge in [0.25, 0.3) is 0 Å². The number of hydrogen-bond acceptors (Lipinski definition) is 5. The number of rotatable bonds is 3. The van der Waals surface area contributed by atoms with Crippen LogP contribution < -0.4 is 0 Å². The van der Waals surface area contributed by atoms with E-state index in [0.29, 0.717) is 0 Å². The highest BCUT2D eigenvalue weighted by Crippen LogP contribution is 2.50. The summed E-state index contributed by atoms with van der Waals surface area (Å²) in [5.74, 6) is -0.903. The van der Waals surface area contributed by atoms with Crippen molar-refractivity contribution in [3.8, 4) is 0 Å². The normalized spacial score (nSPS) is 23.6. The number of likely N-dealkylation sites (N-methyl/N-ethyl adjacent to an activating group) is 1. The average Bonchev–Trinajstić information content (AvgIpc) is 3.20. The molecule has 1 aromatic rings. The van der Waals surface area contributed by atoms with Gasteiger partial charge in [-0.1, -0.05) is 6.07 Å². The first-order chi connectivity index (χ1) is 10.3. The second kappa shape index (κ2) is 5.94. The highest BCUT2D eigenvalue weighted by molar-refractivity contribution is 5.81. The molecule has 6 nitrogen and oxygen atoms in total. The summed E-state index contributed by atoms with van der Waals surface area (Å²) in [6.07, 6.45) is 1.22. The Kier molecular flexibility index (Phi) is 4.39. The highest BCUT2D eigenvalue weighted by atomic mass is 16.6. The fraction of sp³-hybridized carbons (Fsp3) is 0.562. The number of carbonyl (C=O) groups is 2. The predicted molar refractivity (Wildman–Crippen MR) is 80.3 cm³/mol. The second-order valence-corrected chi connectivity index (χ2v) is 6.41. The van der Waals surface area contributed by atoms with Crippen LogP contribution in [0.2, 0.25) is 0 Å². The standard InChI is InChI=1S/C16H22N2O4/c1-16(2,3)22-15(20)18(4)13-11(12(13)14(19)21-5)10-8-6-7-9-17-10/h6-9,11-13H,1-5H3. The van der Waals surface area contributed by atoms with Crippen LogP contribution >= 0.6 is 0 Å². The zero-order chi connectivity index (χ0) is 16.5. The Labute approximate surface area is 130 Å². The van der Waals surface area contributed by atoms with Crippen LogP contribution in [0.25, 0.3) is 0 Å². The monoisotopic (exact) mass is 306 g/mol. The molecule has 1 saturated carbocycles. The van der Waals surface area contributed by atoms with Gasteiger partial charge in [-0.25, -0.2) is 4.79 Å². The molecule has 0 N–H and O–H groups in total. The Morgan fingerprint density at radius 2 is 1.95 bits per heavy atom. The van der Waals surface area contributed by atoms with Crippen LogP contribution in [0, 0.1) is 5.92 Å². The molecular formula is C16H22N2O4. The minimum atomic E-state index is -0.582. The predicted octanol–water partition coefficient (Wildman–Crippen LogP) is 2.20. The largest absolute Gasteiger partial charge is 0.469 e. The molecule has 1 aliphatic carbocycles. The number of amides is 1. The first-order valence-electron chi connectivity index (χ1n) is 7.21. The van der Waals surface area contributed by atoms with Crippen molar-refractivity contribution < 1.29 is 19.1 Å². The summed E-state index contributed by atoms with van der Waals surface area (Å²) in [5.41, 5.74) is 0.194. The zero-order valence-corrected chi connectivity index (χ0v) is 13.6. The first kappa shape index (κ1) is 16.3. The molecular weight excluding hydrogens is 284 g/mol. The van der Waals surface area contributed by atoms with Gasteiger partial charge in [0.1, 0.15) is 5.60 Å². The van der Waals surface area contributed by atoms with Crippen molar-refractivity contribution in [3.63, 3.8) is 0 Å². The number of carbonyl (C=O) groups excluding carboxylic acids is 2. The number of pyridine rings is 1. The van der Waals surface area contributed by atoms with Crippen molar-refractivity contribution in [2.75, 3.05) is 14.2 Å². The lowest BCUT2D eigenvalue weighted by molar-refractivity contribution is -0.142. The number of ether oxygens (including phenoxy) is 2. The number of hydrogen-bond donors (Lipinski definition) is 0. The molecule has 120 valence electrons. The van der Waals surface area contributed by atoms with Crippen LogP contribution in [0.1, 0.15) is 32.4 Å². The van der Waals surface area contributed by atoms with Crippen LogP contribution in [0.4, 0.5) is 4.79 Å².